The van der Waals surface area contributed by atoms with E-state index >= 15 is 0 Å². The minimum Gasteiger partial charge on any atom is -0.326 e. The van der Waals surface area contributed by atoms with Crippen molar-refractivity contribution in [1.29, 1.82) is 0 Å². The summed E-state index contributed by atoms with van der Waals surface area (Å²) in [5.74, 6) is -0.901. The summed E-state index contributed by atoms with van der Waals surface area (Å²) >= 11 is 0. The minimum absolute atomic E-state index is 0.0697. The van der Waals surface area contributed by atoms with Gasteiger partial charge >= 0.3 is 5.69 Å². The molecule has 2 aromatic heterocycles. The summed E-state index contributed by atoms with van der Waals surface area (Å²) < 4.78 is 15.1. The maximum Gasteiger partial charge on any atom is 0.352 e. The standard InChI is InChI=1S/C18H16FN5O3/c1-11-17(26)23(10-13-6-7-16(19)20-9-13)18(27)24(22-11)15-5-3-4-14(8-15)21-12(2)25/h3-9H,10H2,1-2H3,(H,21,25). The fraction of sp³-hybridized carbons (Fsp3) is 0.167. The third-order valence-corrected chi connectivity index (χ3v) is 3.76. The Morgan fingerprint density at radius 1 is 1.22 bits per heavy atom. The number of benzene rings is 1. The highest BCUT2D eigenvalue weighted by atomic mass is 19.1. The van der Waals surface area contributed by atoms with Crippen molar-refractivity contribution in [2.24, 2.45) is 0 Å². The number of nitrogens with one attached hydrogen (secondary N) is 1. The van der Waals surface area contributed by atoms with Crippen LogP contribution in [0.15, 0.2) is 52.2 Å². The second-order valence-corrected chi connectivity index (χ2v) is 5.89. The first-order valence-corrected chi connectivity index (χ1v) is 8.04. The maximum absolute atomic E-state index is 13.0. The Morgan fingerprint density at radius 3 is 2.67 bits per heavy atom. The van der Waals surface area contributed by atoms with Gasteiger partial charge in [0.15, 0.2) is 0 Å². The van der Waals surface area contributed by atoms with E-state index in [9.17, 15) is 18.8 Å². The van der Waals surface area contributed by atoms with Gasteiger partial charge in [0.05, 0.1) is 12.2 Å². The van der Waals surface area contributed by atoms with Crippen LogP contribution in [0.2, 0.25) is 0 Å². The minimum atomic E-state index is -0.658. The van der Waals surface area contributed by atoms with E-state index in [0.29, 0.717) is 16.9 Å². The Morgan fingerprint density at radius 2 is 2.00 bits per heavy atom. The first-order valence-electron chi connectivity index (χ1n) is 8.04. The van der Waals surface area contributed by atoms with Crippen LogP contribution in [0.5, 0.6) is 0 Å². The number of amides is 1. The van der Waals surface area contributed by atoms with E-state index in [1.807, 2.05) is 0 Å². The number of rotatable bonds is 4. The van der Waals surface area contributed by atoms with Gasteiger partial charge in [0, 0.05) is 18.8 Å². The molecule has 9 heteroatoms. The summed E-state index contributed by atoms with van der Waals surface area (Å²) in [7, 11) is 0. The molecule has 2 heterocycles. The fourth-order valence-corrected chi connectivity index (χ4v) is 2.54. The summed E-state index contributed by atoms with van der Waals surface area (Å²) in [6.45, 7) is 2.80. The zero-order chi connectivity index (χ0) is 19.6. The smallest absolute Gasteiger partial charge is 0.326 e. The topological polar surface area (TPSA) is 98.9 Å². The van der Waals surface area contributed by atoms with Gasteiger partial charge in [-0.2, -0.15) is 14.2 Å². The molecule has 0 radical (unpaired) electrons. The molecule has 27 heavy (non-hydrogen) atoms. The van der Waals surface area contributed by atoms with Crippen LogP contribution >= 0.6 is 0 Å². The van der Waals surface area contributed by atoms with Crippen LogP contribution < -0.4 is 16.6 Å². The largest absolute Gasteiger partial charge is 0.352 e. The Labute approximate surface area is 152 Å². The number of aryl methyl sites for hydroxylation is 1. The lowest BCUT2D eigenvalue weighted by molar-refractivity contribution is -0.114. The highest BCUT2D eigenvalue weighted by molar-refractivity contribution is 5.88. The number of aromatic nitrogens is 4. The highest BCUT2D eigenvalue weighted by Gasteiger charge is 2.13. The number of pyridine rings is 1. The first kappa shape index (κ1) is 18.2. The van der Waals surface area contributed by atoms with Crippen LogP contribution in [-0.2, 0) is 11.3 Å². The molecule has 3 rings (SSSR count). The van der Waals surface area contributed by atoms with Crippen LogP contribution in [0, 0.1) is 12.9 Å². The van der Waals surface area contributed by atoms with Crippen molar-refractivity contribution in [2.45, 2.75) is 20.4 Å². The Balaban J connectivity index is 2.09. The van der Waals surface area contributed by atoms with Gasteiger partial charge in [0.1, 0.15) is 5.69 Å². The lowest BCUT2D eigenvalue weighted by atomic mass is 10.2. The molecule has 0 aliphatic carbocycles. The van der Waals surface area contributed by atoms with Gasteiger partial charge in [0.2, 0.25) is 11.9 Å². The van der Waals surface area contributed by atoms with Gasteiger partial charge in [-0.3, -0.25) is 14.2 Å². The maximum atomic E-state index is 13.0. The Bertz CT molecular complexity index is 1120. The number of carbonyl (C=O) groups is 1. The Kier molecular flexibility index (Phi) is 4.93. The van der Waals surface area contributed by atoms with E-state index in [0.717, 1.165) is 15.3 Å². The fourth-order valence-electron chi connectivity index (χ4n) is 2.54. The van der Waals surface area contributed by atoms with Gasteiger partial charge in [-0.05, 0) is 36.8 Å². The molecule has 1 aromatic carbocycles. The van der Waals surface area contributed by atoms with Gasteiger partial charge in [-0.25, -0.2) is 9.78 Å². The predicted molar refractivity (Wildman–Crippen MR) is 96.4 cm³/mol. The molecule has 138 valence electrons. The van der Waals surface area contributed by atoms with E-state index < -0.39 is 17.2 Å². The van der Waals surface area contributed by atoms with E-state index in [2.05, 4.69) is 15.4 Å². The summed E-state index contributed by atoms with van der Waals surface area (Å²) in [6, 6.07) is 9.14. The number of anilines is 1. The van der Waals surface area contributed by atoms with Gasteiger partial charge in [-0.1, -0.05) is 12.1 Å². The van der Waals surface area contributed by atoms with Crippen LogP contribution in [0.3, 0.4) is 0 Å². The van der Waals surface area contributed by atoms with Crippen LogP contribution in [0.4, 0.5) is 10.1 Å². The number of hydrogen-bond donors (Lipinski definition) is 1. The lowest BCUT2D eigenvalue weighted by Crippen LogP contribution is -2.42. The third kappa shape index (κ3) is 3.97. The molecule has 1 amide bonds. The van der Waals surface area contributed by atoms with Crippen molar-refractivity contribution in [3.8, 4) is 5.69 Å². The molecule has 0 saturated heterocycles. The van der Waals surface area contributed by atoms with Crippen molar-refractivity contribution in [2.75, 3.05) is 5.32 Å². The normalized spacial score (nSPS) is 10.6. The van der Waals surface area contributed by atoms with E-state index in [1.165, 1.54) is 26.1 Å². The van der Waals surface area contributed by atoms with E-state index in [1.54, 1.807) is 24.3 Å². The van der Waals surface area contributed by atoms with Gasteiger partial charge in [0.25, 0.3) is 5.56 Å². The number of hydrogen-bond acceptors (Lipinski definition) is 5. The molecule has 3 aromatic rings. The zero-order valence-corrected chi connectivity index (χ0v) is 14.6. The molecule has 0 unspecified atom stereocenters. The molecule has 0 saturated carbocycles. The van der Waals surface area contributed by atoms with Crippen molar-refractivity contribution >= 4 is 11.6 Å². The molecule has 0 atom stereocenters. The monoisotopic (exact) mass is 369 g/mol. The molecule has 8 nitrogen and oxygen atoms in total. The Hall–Kier alpha value is -3.62. The van der Waals surface area contributed by atoms with Crippen molar-refractivity contribution in [3.05, 3.63) is 80.6 Å². The molecule has 0 aliphatic rings. The molecule has 0 aliphatic heterocycles. The molecule has 0 spiro atoms. The number of carbonyl (C=O) groups excluding carboxylic acids is 1. The molecular weight excluding hydrogens is 353 g/mol. The number of halogens is 1. The predicted octanol–water partition coefficient (Wildman–Crippen LogP) is 1.24. The zero-order valence-electron chi connectivity index (χ0n) is 14.6. The molecular formula is C18H16FN5O3. The van der Waals surface area contributed by atoms with E-state index in [-0.39, 0.29) is 18.1 Å². The second-order valence-electron chi connectivity index (χ2n) is 5.89. The highest BCUT2D eigenvalue weighted by Crippen LogP contribution is 2.12. The second kappa shape index (κ2) is 7.32. The average Bonchev–Trinajstić information content (AvgIpc) is 2.63. The molecule has 0 fully saturated rings. The number of nitrogens with zero attached hydrogens (tertiary/aromatic N) is 4. The van der Waals surface area contributed by atoms with Gasteiger partial charge in [-0.15, -0.1) is 0 Å². The summed E-state index contributed by atoms with van der Waals surface area (Å²) in [4.78, 5) is 40.0. The van der Waals surface area contributed by atoms with E-state index in [4.69, 9.17) is 0 Å². The average molecular weight is 369 g/mol. The summed E-state index contributed by atoms with van der Waals surface area (Å²) in [5.41, 5.74) is 0.301. The third-order valence-electron chi connectivity index (χ3n) is 3.76. The summed E-state index contributed by atoms with van der Waals surface area (Å²) in [6.07, 6.45) is 1.26. The van der Waals surface area contributed by atoms with Crippen LogP contribution in [0.25, 0.3) is 5.69 Å². The first-order chi connectivity index (χ1) is 12.8. The van der Waals surface area contributed by atoms with Crippen molar-refractivity contribution in [1.82, 2.24) is 19.3 Å². The molecule has 1 N–H and O–H groups in total. The van der Waals surface area contributed by atoms with Crippen LogP contribution in [0.1, 0.15) is 18.2 Å². The van der Waals surface area contributed by atoms with Crippen LogP contribution in [-0.4, -0.2) is 25.2 Å². The lowest BCUT2D eigenvalue weighted by Gasteiger charge is -2.11. The summed E-state index contributed by atoms with van der Waals surface area (Å²) in [5, 5.41) is 6.69. The van der Waals surface area contributed by atoms with Gasteiger partial charge < -0.3 is 5.32 Å². The van der Waals surface area contributed by atoms with Crippen molar-refractivity contribution in [3.63, 3.8) is 0 Å². The SMILES string of the molecule is CC(=O)Nc1cccc(-n2nc(C)c(=O)n(Cc3ccc(F)nc3)c2=O)c1. The van der Waals surface area contributed by atoms with Crippen molar-refractivity contribution < 1.29 is 9.18 Å². The quantitative estimate of drug-likeness (QED) is 0.698. The molecule has 0 bridgehead atoms.